The summed E-state index contributed by atoms with van der Waals surface area (Å²) in [5.74, 6) is -3.07. The number of carboxylic acids is 2. The quantitative estimate of drug-likeness (QED) is 0.219. The van der Waals surface area contributed by atoms with E-state index >= 15 is 0 Å². The molecule has 9 nitrogen and oxygen atoms in total. The topological polar surface area (TPSA) is 144 Å². The fourth-order valence-corrected chi connectivity index (χ4v) is 2.66. The van der Waals surface area contributed by atoms with Crippen LogP contribution in [0.4, 0.5) is 0 Å². The molecule has 0 aliphatic carbocycles. The highest BCUT2D eigenvalue weighted by atomic mass is 16.6. The van der Waals surface area contributed by atoms with E-state index in [4.69, 9.17) is 19.7 Å². The van der Waals surface area contributed by atoms with Crippen LogP contribution >= 0.6 is 0 Å². The van der Waals surface area contributed by atoms with Gasteiger partial charge in [0.25, 0.3) is 0 Å². The average molecular weight is 430 g/mol. The molecule has 0 saturated heterocycles. The molecule has 0 spiro atoms. The van der Waals surface area contributed by atoms with Gasteiger partial charge in [0.05, 0.1) is 0 Å². The molecule has 0 atom stereocenters. The van der Waals surface area contributed by atoms with Crippen molar-refractivity contribution in [3.8, 4) is 0 Å². The molecule has 0 heterocycles. The van der Waals surface area contributed by atoms with Crippen LogP contribution in [0.1, 0.15) is 89.9 Å². The van der Waals surface area contributed by atoms with Gasteiger partial charge in [-0.1, -0.05) is 38.5 Å². The number of carboxylic acid groups (broad SMARTS) is 2. The number of hydrogen-bond acceptors (Lipinski definition) is 7. The summed E-state index contributed by atoms with van der Waals surface area (Å²) in [6.07, 6.45) is 8.06. The number of carbonyl (C=O) groups is 5. The van der Waals surface area contributed by atoms with Crippen molar-refractivity contribution in [3.63, 3.8) is 0 Å². The third-order valence-electron chi connectivity index (χ3n) is 4.33. The van der Waals surface area contributed by atoms with Crippen molar-refractivity contribution in [1.29, 1.82) is 0 Å². The normalized spacial score (nSPS) is 10.4. The lowest BCUT2D eigenvalue weighted by Crippen LogP contribution is -2.20. The van der Waals surface area contributed by atoms with Gasteiger partial charge in [0.2, 0.25) is 5.78 Å². The third kappa shape index (κ3) is 20.3. The highest BCUT2D eigenvalue weighted by Gasteiger charge is 2.11. The minimum atomic E-state index is -0.807. The average Bonchev–Trinajstić information content (AvgIpc) is 2.68. The maximum absolute atomic E-state index is 11.6. The van der Waals surface area contributed by atoms with Crippen molar-refractivity contribution < 1.29 is 43.7 Å². The standard InChI is InChI=1S/C21H34O9/c22-17(15-29-20(27)13-9-5-1-3-7-11-18(23)24)16-30-21(28)14-10-6-2-4-8-12-19(25)26/h1-16H2,(H,23,24)(H,25,26). The van der Waals surface area contributed by atoms with Gasteiger partial charge in [-0.2, -0.15) is 0 Å². The Kier molecular flexibility index (Phi) is 17.1. The number of ketones is 1. The van der Waals surface area contributed by atoms with E-state index in [0.717, 1.165) is 38.5 Å². The van der Waals surface area contributed by atoms with E-state index in [1.807, 2.05) is 0 Å². The van der Waals surface area contributed by atoms with Crippen LogP contribution in [0.3, 0.4) is 0 Å². The van der Waals surface area contributed by atoms with Crippen molar-refractivity contribution in [3.05, 3.63) is 0 Å². The second-order valence-corrected chi connectivity index (χ2v) is 7.18. The number of aliphatic carboxylic acids is 2. The van der Waals surface area contributed by atoms with Gasteiger partial charge in [-0.15, -0.1) is 0 Å². The second-order valence-electron chi connectivity index (χ2n) is 7.18. The fraction of sp³-hybridized carbons (Fsp3) is 0.762. The molecule has 0 bridgehead atoms. The van der Waals surface area contributed by atoms with Crippen LogP contribution in [-0.4, -0.2) is 53.1 Å². The third-order valence-corrected chi connectivity index (χ3v) is 4.33. The number of carbonyl (C=O) groups excluding carboxylic acids is 3. The summed E-state index contributed by atoms with van der Waals surface area (Å²) >= 11 is 0. The van der Waals surface area contributed by atoms with Crippen molar-refractivity contribution in [2.75, 3.05) is 13.2 Å². The Morgan fingerprint density at radius 2 is 0.767 bits per heavy atom. The summed E-state index contributed by atoms with van der Waals surface area (Å²) in [6.45, 7) is -0.845. The Labute approximate surface area is 177 Å². The molecule has 0 radical (unpaired) electrons. The minimum absolute atomic E-state index is 0.156. The lowest BCUT2D eigenvalue weighted by molar-refractivity contribution is -0.153. The van der Waals surface area contributed by atoms with Crippen LogP contribution in [0.5, 0.6) is 0 Å². The molecule has 0 aromatic rings. The first-order valence-electron chi connectivity index (χ1n) is 10.6. The summed E-state index contributed by atoms with van der Waals surface area (Å²) in [7, 11) is 0. The number of ether oxygens (including phenoxy) is 2. The first kappa shape index (κ1) is 27.5. The molecule has 0 fully saturated rings. The van der Waals surface area contributed by atoms with Crippen LogP contribution in [-0.2, 0) is 33.4 Å². The molecule has 30 heavy (non-hydrogen) atoms. The fourth-order valence-electron chi connectivity index (χ4n) is 2.66. The number of Topliss-reactive ketones (excluding diaryl/α,β-unsaturated/α-hetero) is 1. The van der Waals surface area contributed by atoms with Gasteiger partial charge >= 0.3 is 23.9 Å². The van der Waals surface area contributed by atoms with E-state index in [1.165, 1.54) is 0 Å². The van der Waals surface area contributed by atoms with Gasteiger partial charge in [0.15, 0.2) is 13.2 Å². The molecule has 0 aromatic carbocycles. The number of unbranched alkanes of at least 4 members (excludes halogenated alkanes) is 8. The largest absolute Gasteiger partial charge is 0.481 e. The second kappa shape index (κ2) is 18.6. The Morgan fingerprint density at radius 1 is 0.467 bits per heavy atom. The van der Waals surface area contributed by atoms with Gasteiger partial charge in [0, 0.05) is 25.7 Å². The van der Waals surface area contributed by atoms with Gasteiger partial charge in [-0.3, -0.25) is 24.0 Å². The van der Waals surface area contributed by atoms with Crippen LogP contribution < -0.4 is 0 Å². The lowest BCUT2D eigenvalue weighted by Gasteiger charge is -2.06. The van der Waals surface area contributed by atoms with Gasteiger partial charge in [-0.25, -0.2) is 0 Å². The molecule has 0 aliphatic rings. The van der Waals surface area contributed by atoms with Crippen LogP contribution in [0, 0.1) is 0 Å². The Hall–Kier alpha value is -2.45. The minimum Gasteiger partial charge on any atom is -0.481 e. The molecule has 172 valence electrons. The summed E-state index contributed by atoms with van der Waals surface area (Å²) in [5, 5.41) is 17.0. The van der Waals surface area contributed by atoms with E-state index in [2.05, 4.69) is 0 Å². The molecule has 0 rings (SSSR count). The Balaban J connectivity index is 3.54. The molecule has 0 unspecified atom stereocenters. The van der Waals surface area contributed by atoms with E-state index in [-0.39, 0.29) is 25.7 Å². The molecule has 0 aliphatic heterocycles. The molecule has 0 saturated carbocycles. The molecule has 0 aromatic heterocycles. The summed E-state index contributed by atoms with van der Waals surface area (Å²) in [6, 6.07) is 0. The van der Waals surface area contributed by atoms with E-state index in [9.17, 15) is 24.0 Å². The van der Waals surface area contributed by atoms with Crippen LogP contribution in [0.15, 0.2) is 0 Å². The molecule has 9 heteroatoms. The van der Waals surface area contributed by atoms with Gasteiger partial charge < -0.3 is 19.7 Å². The lowest BCUT2D eigenvalue weighted by atomic mass is 10.1. The molecule has 0 amide bonds. The Morgan fingerprint density at radius 3 is 1.10 bits per heavy atom. The SMILES string of the molecule is O=C(O)CCCCCCCC(=O)OCC(=O)COC(=O)CCCCCCCC(=O)O. The van der Waals surface area contributed by atoms with Crippen molar-refractivity contribution in [1.82, 2.24) is 0 Å². The predicted molar refractivity (Wildman–Crippen MR) is 107 cm³/mol. The summed E-state index contributed by atoms with van der Waals surface area (Å²) in [5.41, 5.74) is 0. The van der Waals surface area contributed by atoms with Gasteiger partial charge in [-0.05, 0) is 25.7 Å². The monoisotopic (exact) mass is 430 g/mol. The summed E-state index contributed by atoms with van der Waals surface area (Å²) < 4.78 is 9.70. The van der Waals surface area contributed by atoms with Crippen LogP contribution in [0.2, 0.25) is 0 Å². The Bertz CT molecular complexity index is 497. The highest BCUT2D eigenvalue weighted by Crippen LogP contribution is 2.09. The van der Waals surface area contributed by atoms with Gasteiger partial charge in [0.1, 0.15) is 0 Å². The maximum atomic E-state index is 11.6. The zero-order valence-corrected chi connectivity index (χ0v) is 17.6. The number of rotatable bonds is 20. The molecule has 2 N–H and O–H groups in total. The highest BCUT2D eigenvalue weighted by molar-refractivity contribution is 5.85. The molecular formula is C21H34O9. The number of esters is 2. The maximum Gasteiger partial charge on any atom is 0.306 e. The summed E-state index contributed by atoms with van der Waals surface area (Å²) in [4.78, 5) is 55.5. The zero-order valence-electron chi connectivity index (χ0n) is 17.6. The smallest absolute Gasteiger partial charge is 0.306 e. The van der Waals surface area contributed by atoms with Crippen molar-refractivity contribution in [2.24, 2.45) is 0 Å². The van der Waals surface area contributed by atoms with E-state index in [1.54, 1.807) is 0 Å². The predicted octanol–water partition coefficient (Wildman–Crippen LogP) is 3.27. The molecular weight excluding hydrogens is 396 g/mol. The van der Waals surface area contributed by atoms with E-state index < -0.39 is 42.9 Å². The zero-order chi connectivity index (χ0) is 22.6. The van der Waals surface area contributed by atoms with E-state index in [0.29, 0.717) is 25.7 Å². The van der Waals surface area contributed by atoms with Crippen LogP contribution in [0.25, 0.3) is 0 Å². The van der Waals surface area contributed by atoms with Crippen molar-refractivity contribution in [2.45, 2.75) is 89.9 Å². The first-order chi connectivity index (χ1) is 14.3. The first-order valence-corrected chi connectivity index (χ1v) is 10.6. The number of hydrogen-bond donors (Lipinski definition) is 2. The van der Waals surface area contributed by atoms with Crippen molar-refractivity contribution >= 4 is 29.7 Å².